The molecule has 0 aliphatic heterocycles. The van der Waals surface area contributed by atoms with Crippen molar-refractivity contribution in [2.45, 2.75) is 24.8 Å². The average Bonchev–Trinajstić information content (AvgIpc) is 2.63. The third-order valence-corrected chi connectivity index (χ3v) is 4.45. The van der Waals surface area contributed by atoms with E-state index in [0.29, 0.717) is 4.88 Å². The largest absolute Gasteiger partial charge is 0.345 e. The summed E-state index contributed by atoms with van der Waals surface area (Å²) in [5.74, 6) is 0.00616. The topological polar surface area (TPSA) is 42.0 Å². The predicted molar refractivity (Wildman–Crippen MR) is 60.0 cm³/mol. The molecule has 0 aromatic carbocycles. The number of aromatic nitrogens is 1. The van der Waals surface area contributed by atoms with E-state index in [1.807, 2.05) is 0 Å². The van der Waals surface area contributed by atoms with Crippen molar-refractivity contribution in [3.8, 4) is 0 Å². The first kappa shape index (κ1) is 10.1. The number of carbonyl (C=O) groups excluding carboxylic acids is 1. The molecular weight excluding hydrogens is 264 g/mol. The van der Waals surface area contributed by atoms with Crippen LogP contribution >= 0.6 is 27.3 Å². The van der Waals surface area contributed by atoms with Gasteiger partial charge in [0.1, 0.15) is 4.88 Å². The van der Waals surface area contributed by atoms with Gasteiger partial charge in [0, 0.05) is 5.33 Å². The molecule has 1 aliphatic rings. The van der Waals surface area contributed by atoms with Gasteiger partial charge >= 0.3 is 0 Å². The number of alkyl halides is 1. The lowest BCUT2D eigenvalue weighted by Gasteiger charge is -2.41. The highest BCUT2D eigenvalue weighted by Crippen LogP contribution is 2.33. The van der Waals surface area contributed by atoms with Crippen LogP contribution in [0, 0.1) is 0 Å². The third-order valence-electron chi connectivity index (χ3n) is 2.60. The fourth-order valence-electron chi connectivity index (χ4n) is 1.53. The zero-order chi connectivity index (χ0) is 10.0. The van der Waals surface area contributed by atoms with Gasteiger partial charge in [-0.1, -0.05) is 15.9 Å². The van der Waals surface area contributed by atoms with Gasteiger partial charge in [0.25, 0.3) is 5.91 Å². The summed E-state index contributed by atoms with van der Waals surface area (Å²) >= 11 is 4.83. The van der Waals surface area contributed by atoms with Gasteiger partial charge < -0.3 is 5.32 Å². The molecule has 5 heteroatoms. The minimum absolute atomic E-state index is 0.00106. The maximum absolute atomic E-state index is 11.7. The van der Waals surface area contributed by atoms with Crippen molar-refractivity contribution in [3.63, 3.8) is 0 Å². The van der Waals surface area contributed by atoms with Crippen molar-refractivity contribution in [2.24, 2.45) is 0 Å². The number of nitrogens with zero attached hydrogens (tertiary/aromatic N) is 1. The molecule has 1 aromatic rings. The molecule has 1 heterocycles. The Labute approximate surface area is 95.1 Å². The Bertz CT molecular complexity index is 316. The minimum Gasteiger partial charge on any atom is -0.345 e. The molecule has 0 radical (unpaired) electrons. The van der Waals surface area contributed by atoms with Gasteiger partial charge in [0.05, 0.1) is 17.2 Å². The van der Waals surface area contributed by atoms with Crippen LogP contribution in [0.4, 0.5) is 0 Å². The highest BCUT2D eigenvalue weighted by Gasteiger charge is 2.37. The normalized spacial score (nSPS) is 18.6. The molecule has 1 aliphatic carbocycles. The second kappa shape index (κ2) is 3.98. The molecule has 0 unspecified atom stereocenters. The summed E-state index contributed by atoms with van der Waals surface area (Å²) in [5.41, 5.74) is 1.68. The maximum Gasteiger partial charge on any atom is 0.263 e. The number of hydrogen-bond donors (Lipinski definition) is 1. The lowest BCUT2D eigenvalue weighted by atomic mass is 9.78. The zero-order valence-corrected chi connectivity index (χ0v) is 10.0. The Morgan fingerprint density at radius 1 is 1.71 bits per heavy atom. The van der Waals surface area contributed by atoms with Crippen molar-refractivity contribution < 1.29 is 4.79 Å². The van der Waals surface area contributed by atoms with Gasteiger partial charge in [-0.2, -0.15) is 0 Å². The standard InChI is InChI=1S/C9H11BrN2OS/c10-5-9(2-1-3-9)12-8(13)7-4-11-6-14-7/h4,6H,1-3,5H2,(H,12,13). The molecule has 1 amide bonds. The monoisotopic (exact) mass is 274 g/mol. The lowest BCUT2D eigenvalue weighted by molar-refractivity contribution is 0.0860. The zero-order valence-electron chi connectivity index (χ0n) is 7.62. The number of halogens is 1. The van der Waals surface area contributed by atoms with Crippen LogP contribution in [0.5, 0.6) is 0 Å². The van der Waals surface area contributed by atoms with E-state index in [0.717, 1.165) is 18.2 Å². The molecule has 1 N–H and O–H groups in total. The van der Waals surface area contributed by atoms with Crippen LogP contribution in [0.25, 0.3) is 0 Å². The minimum atomic E-state index is 0.00106. The molecule has 14 heavy (non-hydrogen) atoms. The highest BCUT2D eigenvalue weighted by atomic mass is 79.9. The smallest absolute Gasteiger partial charge is 0.263 e. The highest BCUT2D eigenvalue weighted by molar-refractivity contribution is 9.09. The molecule has 0 spiro atoms. The van der Waals surface area contributed by atoms with E-state index in [2.05, 4.69) is 26.2 Å². The first-order valence-electron chi connectivity index (χ1n) is 4.53. The summed E-state index contributed by atoms with van der Waals surface area (Å²) in [7, 11) is 0. The van der Waals surface area contributed by atoms with Crippen LogP contribution < -0.4 is 5.32 Å². The molecule has 0 bridgehead atoms. The summed E-state index contributed by atoms with van der Waals surface area (Å²) in [5, 5.41) is 3.90. The van der Waals surface area contributed by atoms with Gasteiger partial charge in [-0.05, 0) is 19.3 Å². The van der Waals surface area contributed by atoms with Gasteiger partial charge in [0.15, 0.2) is 0 Å². The quantitative estimate of drug-likeness (QED) is 0.859. The molecule has 3 nitrogen and oxygen atoms in total. The summed E-state index contributed by atoms with van der Waals surface area (Å²) in [6.45, 7) is 0. The second-order valence-corrected chi connectivity index (χ2v) is 5.03. The molecule has 0 atom stereocenters. The van der Waals surface area contributed by atoms with Gasteiger partial charge in [-0.3, -0.25) is 9.78 Å². The van der Waals surface area contributed by atoms with E-state index in [4.69, 9.17) is 0 Å². The van der Waals surface area contributed by atoms with E-state index >= 15 is 0 Å². The number of rotatable bonds is 3. The molecule has 1 fully saturated rings. The van der Waals surface area contributed by atoms with Crippen LogP contribution in [0.1, 0.15) is 28.9 Å². The van der Waals surface area contributed by atoms with Gasteiger partial charge in [-0.15, -0.1) is 11.3 Å². The molecule has 1 aromatic heterocycles. The molecule has 76 valence electrons. The number of hydrogen-bond acceptors (Lipinski definition) is 3. The Kier molecular flexibility index (Phi) is 2.88. The second-order valence-electron chi connectivity index (χ2n) is 3.59. The van der Waals surface area contributed by atoms with Crippen LogP contribution in [0.15, 0.2) is 11.7 Å². The Morgan fingerprint density at radius 2 is 2.50 bits per heavy atom. The molecule has 2 rings (SSSR count). The van der Waals surface area contributed by atoms with Crippen molar-refractivity contribution in [3.05, 3.63) is 16.6 Å². The van der Waals surface area contributed by atoms with Crippen molar-refractivity contribution in [1.29, 1.82) is 0 Å². The van der Waals surface area contributed by atoms with E-state index in [1.54, 1.807) is 11.7 Å². The summed E-state index contributed by atoms with van der Waals surface area (Å²) < 4.78 is 0. The van der Waals surface area contributed by atoms with E-state index < -0.39 is 0 Å². The fraction of sp³-hybridized carbons (Fsp3) is 0.556. The first-order valence-corrected chi connectivity index (χ1v) is 6.53. The van der Waals surface area contributed by atoms with Crippen LogP contribution in [-0.4, -0.2) is 21.8 Å². The molecule has 1 saturated carbocycles. The number of amides is 1. The number of carbonyl (C=O) groups is 1. The van der Waals surface area contributed by atoms with E-state index in [-0.39, 0.29) is 11.4 Å². The van der Waals surface area contributed by atoms with Crippen LogP contribution in [0.3, 0.4) is 0 Å². The molecule has 0 saturated heterocycles. The lowest BCUT2D eigenvalue weighted by Crippen LogP contribution is -2.54. The van der Waals surface area contributed by atoms with E-state index in [9.17, 15) is 4.79 Å². The predicted octanol–water partition coefficient (Wildman–Crippen LogP) is 2.19. The fourth-order valence-corrected chi connectivity index (χ4v) is 2.74. The van der Waals surface area contributed by atoms with Crippen molar-refractivity contribution >= 4 is 33.2 Å². The number of nitrogens with one attached hydrogen (secondary N) is 1. The maximum atomic E-state index is 11.7. The summed E-state index contributed by atoms with van der Waals surface area (Å²) in [4.78, 5) is 16.3. The SMILES string of the molecule is O=C(NC1(CBr)CCC1)c1cncs1. The number of thiazole rings is 1. The van der Waals surface area contributed by atoms with Crippen molar-refractivity contribution in [2.75, 3.05) is 5.33 Å². The van der Waals surface area contributed by atoms with Crippen LogP contribution in [-0.2, 0) is 0 Å². The third kappa shape index (κ3) is 1.83. The first-order chi connectivity index (χ1) is 6.76. The Morgan fingerprint density at radius 3 is 2.93 bits per heavy atom. The Balaban J connectivity index is 2.01. The summed E-state index contributed by atoms with van der Waals surface area (Å²) in [6.07, 6.45) is 4.96. The van der Waals surface area contributed by atoms with E-state index in [1.165, 1.54) is 17.8 Å². The van der Waals surface area contributed by atoms with Gasteiger partial charge in [0.2, 0.25) is 0 Å². The van der Waals surface area contributed by atoms with Crippen LogP contribution in [0.2, 0.25) is 0 Å². The van der Waals surface area contributed by atoms with Crippen molar-refractivity contribution in [1.82, 2.24) is 10.3 Å². The summed E-state index contributed by atoms with van der Waals surface area (Å²) in [6, 6.07) is 0. The van der Waals surface area contributed by atoms with Gasteiger partial charge in [-0.25, -0.2) is 0 Å². The Hall–Kier alpha value is -0.420. The molecular formula is C9H11BrN2OS. The average molecular weight is 275 g/mol.